The van der Waals surface area contributed by atoms with Crippen LogP contribution in [0.4, 0.5) is 0 Å². The van der Waals surface area contributed by atoms with Gasteiger partial charge in [-0.3, -0.25) is 0 Å². The summed E-state index contributed by atoms with van der Waals surface area (Å²) < 4.78 is 0. The molecular weight excluding hydrogens is 144 g/mol. The van der Waals surface area contributed by atoms with Crippen molar-refractivity contribution in [2.24, 2.45) is 17.8 Å². The van der Waals surface area contributed by atoms with Gasteiger partial charge in [0.05, 0.1) is 0 Å². The summed E-state index contributed by atoms with van der Waals surface area (Å²) in [6.45, 7) is 7.04. The summed E-state index contributed by atoms with van der Waals surface area (Å²) in [6, 6.07) is 0. The Morgan fingerprint density at radius 3 is 2.00 bits per heavy atom. The van der Waals surface area contributed by atoms with Gasteiger partial charge in [0.15, 0.2) is 0 Å². The third-order valence-electron chi connectivity index (χ3n) is 3.31. The van der Waals surface area contributed by atoms with Crippen molar-refractivity contribution in [1.82, 2.24) is 0 Å². The molecule has 2 atom stereocenters. The monoisotopic (exact) mass is 168 g/mol. The molecule has 0 saturated heterocycles. The summed E-state index contributed by atoms with van der Waals surface area (Å²) in [6.07, 6.45) is 8.75. The van der Waals surface area contributed by atoms with Crippen LogP contribution in [0.1, 0.15) is 59.3 Å². The van der Waals surface area contributed by atoms with Crippen LogP contribution >= 0.6 is 0 Å². The minimum absolute atomic E-state index is 1.05. The summed E-state index contributed by atoms with van der Waals surface area (Å²) in [4.78, 5) is 0. The largest absolute Gasteiger partial charge is 0.0654 e. The lowest BCUT2D eigenvalue weighted by atomic mass is 9.92. The lowest BCUT2D eigenvalue weighted by Crippen LogP contribution is -2.01. The summed E-state index contributed by atoms with van der Waals surface area (Å²) in [5, 5.41) is 0. The van der Waals surface area contributed by atoms with Crippen molar-refractivity contribution >= 4 is 0 Å². The number of hydrogen-bond acceptors (Lipinski definition) is 0. The zero-order valence-corrected chi connectivity index (χ0v) is 8.97. The van der Waals surface area contributed by atoms with Crippen LogP contribution in [0.2, 0.25) is 0 Å². The fourth-order valence-corrected chi connectivity index (χ4v) is 2.35. The van der Waals surface area contributed by atoms with Crippen LogP contribution in [-0.2, 0) is 0 Å². The molecule has 0 aromatic carbocycles. The van der Waals surface area contributed by atoms with Gasteiger partial charge < -0.3 is 0 Å². The second kappa shape index (κ2) is 4.89. The molecule has 0 aromatic rings. The highest BCUT2D eigenvalue weighted by Gasteiger charge is 2.33. The van der Waals surface area contributed by atoms with E-state index in [4.69, 9.17) is 0 Å². The first-order valence-electron chi connectivity index (χ1n) is 5.77. The van der Waals surface area contributed by atoms with Crippen LogP contribution in [0, 0.1) is 17.8 Å². The van der Waals surface area contributed by atoms with Crippen LogP contribution in [0.5, 0.6) is 0 Å². The number of hydrogen-bond donors (Lipinski definition) is 0. The Morgan fingerprint density at radius 1 is 1.17 bits per heavy atom. The third kappa shape index (κ3) is 3.16. The Bertz CT molecular complexity index is 111. The molecule has 1 aliphatic rings. The summed E-state index contributed by atoms with van der Waals surface area (Å²) in [5.74, 6) is 3.21. The van der Waals surface area contributed by atoms with Gasteiger partial charge in [0.1, 0.15) is 0 Å². The molecule has 0 N–H and O–H groups in total. The zero-order valence-electron chi connectivity index (χ0n) is 8.97. The van der Waals surface area contributed by atoms with Crippen molar-refractivity contribution < 1.29 is 0 Å². The molecular formula is C12H24. The van der Waals surface area contributed by atoms with Crippen LogP contribution in [0.15, 0.2) is 0 Å². The van der Waals surface area contributed by atoms with E-state index in [2.05, 4.69) is 20.8 Å². The highest BCUT2D eigenvalue weighted by molar-refractivity contribution is 4.84. The summed E-state index contributed by atoms with van der Waals surface area (Å²) in [5.41, 5.74) is 0. The Kier molecular flexibility index (Phi) is 4.11. The van der Waals surface area contributed by atoms with Gasteiger partial charge in [0.2, 0.25) is 0 Å². The first kappa shape index (κ1) is 10.1. The quantitative estimate of drug-likeness (QED) is 0.556. The topological polar surface area (TPSA) is 0 Å². The minimum Gasteiger partial charge on any atom is -0.0654 e. The van der Waals surface area contributed by atoms with Gasteiger partial charge in [-0.2, -0.15) is 0 Å². The van der Waals surface area contributed by atoms with Gasteiger partial charge in [-0.05, 0) is 30.6 Å². The average Bonchev–Trinajstić information content (AvgIpc) is 2.67. The molecule has 0 aromatic heterocycles. The van der Waals surface area contributed by atoms with E-state index in [-0.39, 0.29) is 0 Å². The molecule has 12 heavy (non-hydrogen) atoms. The van der Waals surface area contributed by atoms with Crippen LogP contribution in [-0.4, -0.2) is 0 Å². The van der Waals surface area contributed by atoms with Crippen molar-refractivity contribution in [2.75, 3.05) is 0 Å². The van der Waals surface area contributed by atoms with Gasteiger partial charge in [0.25, 0.3) is 0 Å². The molecule has 2 unspecified atom stereocenters. The van der Waals surface area contributed by atoms with Crippen LogP contribution < -0.4 is 0 Å². The number of rotatable bonds is 6. The lowest BCUT2D eigenvalue weighted by Gasteiger charge is -2.14. The SMILES string of the molecule is CCCC(CCC)CC1CC1C. The molecule has 0 bridgehead atoms. The van der Waals surface area contributed by atoms with Crippen molar-refractivity contribution in [1.29, 1.82) is 0 Å². The van der Waals surface area contributed by atoms with E-state index in [1.807, 2.05) is 0 Å². The minimum atomic E-state index is 1.05. The summed E-state index contributed by atoms with van der Waals surface area (Å²) in [7, 11) is 0. The van der Waals surface area contributed by atoms with Crippen molar-refractivity contribution in [2.45, 2.75) is 59.3 Å². The Labute approximate surface area is 77.7 Å². The Balaban J connectivity index is 2.13. The fourth-order valence-electron chi connectivity index (χ4n) is 2.35. The van der Waals surface area contributed by atoms with E-state index < -0.39 is 0 Å². The van der Waals surface area contributed by atoms with E-state index in [0.717, 1.165) is 17.8 Å². The van der Waals surface area contributed by atoms with E-state index in [0.29, 0.717) is 0 Å². The van der Waals surface area contributed by atoms with Gasteiger partial charge in [-0.15, -0.1) is 0 Å². The first-order chi connectivity index (χ1) is 5.77. The Hall–Kier alpha value is 0. The summed E-state index contributed by atoms with van der Waals surface area (Å²) >= 11 is 0. The molecule has 1 rings (SSSR count). The molecule has 0 nitrogen and oxygen atoms in total. The second-order valence-corrected chi connectivity index (χ2v) is 4.65. The molecule has 72 valence electrons. The highest BCUT2D eigenvalue weighted by atomic mass is 14.4. The van der Waals surface area contributed by atoms with E-state index >= 15 is 0 Å². The maximum atomic E-state index is 2.40. The normalized spacial score (nSPS) is 28.0. The predicted molar refractivity (Wildman–Crippen MR) is 55.2 cm³/mol. The predicted octanol–water partition coefficient (Wildman–Crippen LogP) is 4.25. The Morgan fingerprint density at radius 2 is 1.67 bits per heavy atom. The van der Waals surface area contributed by atoms with Gasteiger partial charge in [-0.1, -0.05) is 46.5 Å². The van der Waals surface area contributed by atoms with Gasteiger partial charge in [0, 0.05) is 0 Å². The molecule has 1 fully saturated rings. The van der Waals surface area contributed by atoms with E-state index in [1.54, 1.807) is 0 Å². The van der Waals surface area contributed by atoms with Crippen molar-refractivity contribution in [3.63, 3.8) is 0 Å². The maximum absolute atomic E-state index is 2.40. The fraction of sp³-hybridized carbons (Fsp3) is 1.00. The maximum Gasteiger partial charge on any atom is -0.0383 e. The zero-order chi connectivity index (χ0) is 8.97. The van der Waals surface area contributed by atoms with Crippen molar-refractivity contribution in [3.05, 3.63) is 0 Å². The molecule has 0 aliphatic heterocycles. The standard InChI is InChI=1S/C12H24/c1-4-6-11(7-5-2)9-12-8-10(12)3/h10-12H,4-9H2,1-3H3. The molecule has 1 aliphatic carbocycles. The second-order valence-electron chi connectivity index (χ2n) is 4.65. The molecule has 0 heterocycles. The lowest BCUT2D eigenvalue weighted by molar-refractivity contribution is 0.383. The van der Waals surface area contributed by atoms with E-state index in [9.17, 15) is 0 Å². The van der Waals surface area contributed by atoms with Gasteiger partial charge >= 0.3 is 0 Å². The molecule has 0 radical (unpaired) electrons. The smallest absolute Gasteiger partial charge is 0.0383 e. The van der Waals surface area contributed by atoms with Crippen LogP contribution in [0.25, 0.3) is 0 Å². The molecule has 1 saturated carbocycles. The third-order valence-corrected chi connectivity index (χ3v) is 3.31. The van der Waals surface area contributed by atoms with Crippen molar-refractivity contribution in [3.8, 4) is 0 Å². The molecule has 0 spiro atoms. The average molecular weight is 168 g/mol. The van der Waals surface area contributed by atoms with Crippen LogP contribution in [0.3, 0.4) is 0 Å². The highest BCUT2D eigenvalue weighted by Crippen LogP contribution is 2.43. The molecule has 0 heteroatoms. The van der Waals surface area contributed by atoms with E-state index in [1.165, 1.54) is 38.5 Å². The van der Waals surface area contributed by atoms with Gasteiger partial charge in [-0.25, -0.2) is 0 Å². The molecule has 0 amide bonds. The first-order valence-corrected chi connectivity index (χ1v) is 5.77.